The summed E-state index contributed by atoms with van der Waals surface area (Å²) in [6, 6.07) is 15.6. The average Bonchev–Trinajstić information content (AvgIpc) is 3.09. The third kappa shape index (κ3) is 3.42. The van der Waals surface area contributed by atoms with Gasteiger partial charge in [-0.2, -0.15) is 0 Å². The van der Waals surface area contributed by atoms with Crippen LogP contribution in [0.1, 0.15) is 22.6 Å². The van der Waals surface area contributed by atoms with Crippen molar-refractivity contribution in [1.29, 1.82) is 0 Å². The van der Waals surface area contributed by atoms with E-state index in [9.17, 15) is 8.42 Å². The van der Waals surface area contributed by atoms with Gasteiger partial charge < -0.3 is 10.2 Å². The first-order valence-electron chi connectivity index (χ1n) is 9.12. The van der Waals surface area contributed by atoms with Crippen LogP contribution in [-0.2, 0) is 23.0 Å². The normalized spacial score (nSPS) is 23.7. The maximum absolute atomic E-state index is 13.2. The first kappa shape index (κ1) is 17.7. The van der Waals surface area contributed by atoms with Gasteiger partial charge in [-0.15, -0.1) is 0 Å². The molecule has 4 rings (SSSR count). The van der Waals surface area contributed by atoms with Crippen LogP contribution in [0, 0.1) is 0 Å². The zero-order valence-electron chi connectivity index (χ0n) is 15.0. The van der Waals surface area contributed by atoms with Gasteiger partial charge in [0.1, 0.15) is 0 Å². The van der Waals surface area contributed by atoms with Crippen molar-refractivity contribution in [3.05, 3.63) is 65.2 Å². The van der Waals surface area contributed by atoms with Crippen LogP contribution in [0.15, 0.2) is 53.4 Å². The molecule has 0 bridgehead atoms. The molecular weight excluding hydrogens is 346 g/mol. The van der Waals surface area contributed by atoms with Crippen molar-refractivity contribution >= 4 is 10.0 Å². The molecule has 2 aliphatic rings. The molecule has 0 spiro atoms. The maximum Gasteiger partial charge on any atom is 0.241 e. The van der Waals surface area contributed by atoms with E-state index in [0.29, 0.717) is 11.4 Å². The molecule has 0 aliphatic carbocycles. The molecule has 2 N–H and O–H groups in total. The lowest BCUT2D eigenvalue weighted by Crippen LogP contribution is -2.40. The molecule has 2 aliphatic heterocycles. The summed E-state index contributed by atoms with van der Waals surface area (Å²) in [6.07, 6.45) is 0.772. The van der Waals surface area contributed by atoms with Crippen LogP contribution < -0.4 is 10.0 Å². The summed E-state index contributed by atoms with van der Waals surface area (Å²) in [5, 5.41) is 3.33. The molecule has 2 aromatic carbocycles. The highest BCUT2D eigenvalue weighted by atomic mass is 32.2. The van der Waals surface area contributed by atoms with Gasteiger partial charge in [0, 0.05) is 38.1 Å². The number of nitrogens with zero attached hydrogens (tertiary/aromatic N) is 1. The molecule has 1 fully saturated rings. The van der Waals surface area contributed by atoms with E-state index in [1.807, 2.05) is 30.3 Å². The molecule has 0 unspecified atom stereocenters. The van der Waals surface area contributed by atoms with E-state index in [4.69, 9.17) is 0 Å². The monoisotopic (exact) mass is 371 g/mol. The largest absolute Gasteiger partial charge is 0.314 e. The fraction of sp³-hybridized carbons (Fsp3) is 0.400. The van der Waals surface area contributed by atoms with Gasteiger partial charge in [-0.05, 0) is 36.2 Å². The molecule has 0 aromatic heterocycles. The Kier molecular flexibility index (Phi) is 4.84. The number of likely N-dealkylation sites (N-methyl/N-ethyl adjacent to an activating group) is 1. The molecule has 1 saturated heterocycles. The van der Waals surface area contributed by atoms with E-state index >= 15 is 0 Å². The lowest BCUT2D eigenvalue weighted by atomic mass is 9.95. The highest BCUT2D eigenvalue weighted by Crippen LogP contribution is 2.28. The van der Waals surface area contributed by atoms with Crippen LogP contribution in [0.5, 0.6) is 0 Å². The quantitative estimate of drug-likeness (QED) is 0.859. The van der Waals surface area contributed by atoms with E-state index in [2.05, 4.69) is 34.1 Å². The summed E-state index contributed by atoms with van der Waals surface area (Å²) in [6.45, 7) is 3.12. The second-order valence-electron chi connectivity index (χ2n) is 7.28. The molecule has 0 saturated carbocycles. The number of fused-ring (bicyclic) bond motifs is 1. The maximum atomic E-state index is 13.2. The van der Waals surface area contributed by atoms with Crippen LogP contribution in [0.2, 0.25) is 0 Å². The Balaban J connectivity index is 1.61. The van der Waals surface area contributed by atoms with E-state index in [-0.39, 0.29) is 12.0 Å². The third-order valence-corrected chi connectivity index (χ3v) is 7.03. The Morgan fingerprint density at radius 1 is 1.08 bits per heavy atom. The predicted molar refractivity (Wildman–Crippen MR) is 103 cm³/mol. The number of hydrogen-bond donors (Lipinski definition) is 2. The van der Waals surface area contributed by atoms with E-state index in [0.717, 1.165) is 37.2 Å². The van der Waals surface area contributed by atoms with Crippen LogP contribution >= 0.6 is 0 Å². The zero-order chi connectivity index (χ0) is 18.1. The van der Waals surface area contributed by atoms with Gasteiger partial charge in [0.25, 0.3) is 0 Å². The topological polar surface area (TPSA) is 61.4 Å². The number of rotatable bonds is 4. The van der Waals surface area contributed by atoms with E-state index < -0.39 is 10.0 Å². The van der Waals surface area contributed by atoms with Gasteiger partial charge in [-0.3, -0.25) is 0 Å². The van der Waals surface area contributed by atoms with Crippen molar-refractivity contribution in [3.63, 3.8) is 0 Å². The third-order valence-electron chi connectivity index (χ3n) is 5.45. The Morgan fingerprint density at radius 3 is 2.69 bits per heavy atom. The van der Waals surface area contributed by atoms with Crippen LogP contribution in [-0.4, -0.2) is 46.0 Å². The van der Waals surface area contributed by atoms with Crippen LogP contribution in [0.3, 0.4) is 0 Å². The standard InChI is InChI=1S/C20H25N3O2S/c1-23-11-10-17-16(14-23)8-5-9-20(17)26(24,25)22-19-13-21-12-18(19)15-6-3-2-4-7-15/h2-9,18-19,21-22H,10-14H2,1H3/t18-,19+/m0/s1. The van der Waals surface area contributed by atoms with Crippen LogP contribution in [0.4, 0.5) is 0 Å². The smallest absolute Gasteiger partial charge is 0.241 e. The molecular formula is C20H25N3O2S. The summed E-state index contributed by atoms with van der Waals surface area (Å²) in [4.78, 5) is 2.67. The van der Waals surface area contributed by atoms with Crippen molar-refractivity contribution in [2.45, 2.75) is 29.8 Å². The van der Waals surface area contributed by atoms with Crippen molar-refractivity contribution in [1.82, 2.24) is 14.9 Å². The van der Waals surface area contributed by atoms with Gasteiger partial charge in [0.15, 0.2) is 0 Å². The van der Waals surface area contributed by atoms with Gasteiger partial charge in [-0.1, -0.05) is 42.5 Å². The molecule has 26 heavy (non-hydrogen) atoms. The first-order valence-corrected chi connectivity index (χ1v) is 10.6. The van der Waals surface area contributed by atoms with Gasteiger partial charge in [-0.25, -0.2) is 13.1 Å². The minimum atomic E-state index is -3.55. The lowest BCUT2D eigenvalue weighted by Gasteiger charge is -2.27. The zero-order valence-corrected chi connectivity index (χ0v) is 15.8. The Hall–Kier alpha value is -1.73. The highest BCUT2D eigenvalue weighted by molar-refractivity contribution is 7.89. The number of hydrogen-bond acceptors (Lipinski definition) is 4. The Bertz CT molecular complexity index is 883. The lowest BCUT2D eigenvalue weighted by molar-refractivity contribution is 0.311. The van der Waals surface area contributed by atoms with Crippen molar-refractivity contribution < 1.29 is 8.42 Å². The molecule has 138 valence electrons. The van der Waals surface area contributed by atoms with Crippen molar-refractivity contribution in [3.8, 4) is 0 Å². The van der Waals surface area contributed by atoms with Crippen molar-refractivity contribution in [2.75, 3.05) is 26.7 Å². The molecule has 2 atom stereocenters. The Morgan fingerprint density at radius 2 is 1.88 bits per heavy atom. The molecule has 0 amide bonds. The summed E-state index contributed by atoms with van der Waals surface area (Å²) in [7, 11) is -1.49. The second kappa shape index (κ2) is 7.12. The molecule has 2 aromatic rings. The Labute approximate surface area is 155 Å². The van der Waals surface area contributed by atoms with Gasteiger partial charge in [0.2, 0.25) is 10.0 Å². The SMILES string of the molecule is CN1CCc2c(cccc2S(=O)(=O)N[C@@H]2CNC[C@H]2c2ccccc2)C1. The number of benzene rings is 2. The average molecular weight is 372 g/mol. The second-order valence-corrected chi connectivity index (χ2v) is 8.97. The minimum absolute atomic E-state index is 0.135. The van der Waals surface area contributed by atoms with E-state index in [1.54, 1.807) is 6.07 Å². The predicted octanol–water partition coefficient (Wildman–Crippen LogP) is 1.71. The fourth-order valence-electron chi connectivity index (χ4n) is 4.08. The fourth-order valence-corrected chi connectivity index (χ4v) is 5.67. The molecule has 2 heterocycles. The van der Waals surface area contributed by atoms with Gasteiger partial charge in [0.05, 0.1) is 4.90 Å². The molecule has 5 nitrogen and oxygen atoms in total. The highest BCUT2D eigenvalue weighted by Gasteiger charge is 2.33. The summed E-state index contributed by atoms with van der Waals surface area (Å²) >= 11 is 0. The van der Waals surface area contributed by atoms with Crippen molar-refractivity contribution in [2.24, 2.45) is 0 Å². The molecule has 6 heteroatoms. The summed E-state index contributed by atoms with van der Waals surface area (Å²) < 4.78 is 29.3. The summed E-state index contributed by atoms with van der Waals surface area (Å²) in [5.41, 5.74) is 3.26. The number of nitrogens with one attached hydrogen (secondary N) is 2. The minimum Gasteiger partial charge on any atom is -0.314 e. The number of sulfonamides is 1. The van der Waals surface area contributed by atoms with Crippen LogP contribution in [0.25, 0.3) is 0 Å². The van der Waals surface area contributed by atoms with Gasteiger partial charge >= 0.3 is 0 Å². The molecule has 0 radical (unpaired) electrons. The first-order chi connectivity index (χ1) is 12.5. The van der Waals surface area contributed by atoms with E-state index in [1.165, 1.54) is 5.56 Å². The summed E-state index contributed by atoms with van der Waals surface area (Å²) in [5.74, 6) is 0.150.